The summed E-state index contributed by atoms with van der Waals surface area (Å²) in [4.78, 5) is 49.3. The molecule has 0 saturated carbocycles. The Morgan fingerprint density at radius 3 is 2.54 bits per heavy atom. The first-order valence-electron chi connectivity index (χ1n) is 10.7. The molecule has 10 nitrogen and oxygen atoms in total. The Labute approximate surface area is 236 Å². The third-order valence-electron chi connectivity index (χ3n) is 5.29. The van der Waals surface area contributed by atoms with Crippen LogP contribution in [0.25, 0.3) is 11.0 Å². The number of halogens is 3. The van der Waals surface area contributed by atoms with Crippen molar-refractivity contribution in [3.05, 3.63) is 54.4 Å². The summed E-state index contributed by atoms with van der Waals surface area (Å²) < 4.78 is 56.5. The Hall–Kier alpha value is -2.53. The van der Waals surface area contributed by atoms with Crippen molar-refractivity contribution in [2.45, 2.75) is 24.7 Å². The molecule has 0 spiro atoms. The summed E-state index contributed by atoms with van der Waals surface area (Å²) in [7, 11) is -3.09. The van der Waals surface area contributed by atoms with Crippen LogP contribution in [0.1, 0.15) is 12.5 Å². The molecule has 206 valence electrons. The Balaban J connectivity index is 1.80. The number of thiocarbonyl (C=S) groups is 1. The maximum Gasteiger partial charge on any atom is 0.696 e. The number of allylic oxidation sites excluding steroid dienone is 1. The topological polar surface area (TPSA) is 129 Å². The van der Waals surface area contributed by atoms with Crippen molar-refractivity contribution in [1.29, 1.82) is 0 Å². The molecule has 1 amide bonds. The molecular formula is C21H16F3N3O7PS4+. The number of benzene rings is 1. The largest absolute Gasteiger partial charge is 0.696 e. The maximum absolute atomic E-state index is 13.2. The highest BCUT2D eigenvalue weighted by atomic mass is 32.2. The Morgan fingerprint density at radius 2 is 1.92 bits per heavy atom. The second-order valence-corrected chi connectivity index (χ2v) is 12.2. The maximum atomic E-state index is 13.2. The van der Waals surface area contributed by atoms with E-state index < -0.39 is 50.7 Å². The number of aromatic nitrogens is 1. The van der Waals surface area contributed by atoms with Crippen molar-refractivity contribution in [2.24, 2.45) is 0 Å². The van der Waals surface area contributed by atoms with Crippen molar-refractivity contribution in [1.82, 2.24) is 9.47 Å². The molecule has 1 saturated heterocycles. The van der Waals surface area contributed by atoms with Gasteiger partial charge in [-0.3, -0.25) is 23.9 Å². The third kappa shape index (κ3) is 6.14. The standard InChI is InChI=1S/C21H15F3N3O7PS4/c1-2-25-11-7-10(21(22,23)24)3-4-12(11)37-14(25)6-5-13-17(30)27(9-34-35(32)33)19(38-13)16-18(31)26(8-15(28)29)20(36)39-16/h3-7H,2,8-9H2,1H3,(H-,28,29,32,33)/p+1/b13-5+,14-6-,19-16-. The highest BCUT2D eigenvalue weighted by Crippen LogP contribution is 2.47. The van der Waals surface area contributed by atoms with E-state index in [0.717, 1.165) is 44.7 Å². The lowest BCUT2D eigenvalue weighted by Crippen LogP contribution is -2.35. The van der Waals surface area contributed by atoms with E-state index in [1.54, 1.807) is 17.9 Å². The molecule has 4 rings (SSSR count). The summed E-state index contributed by atoms with van der Waals surface area (Å²) in [6.07, 6.45) is -1.54. The zero-order valence-corrected chi connectivity index (χ0v) is 23.7. The molecule has 1 fully saturated rings. The van der Waals surface area contributed by atoms with Crippen LogP contribution in [0.5, 0.6) is 0 Å². The summed E-state index contributed by atoms with van der Waals surface area (Å²) in [6.45, 7) is 0.747. The number of rotatable bonds is 7. The first-order valence-corrected chi connectivity index (χ1v) is 14.7. The molecule has 3 heterocycles. The van der Waals surface area contributed by atoms with Gasteiger partial charge in [0.2, 0.25) is 0 Å². The van der Waals surface area contributed by atoms with Gasteiger partial charge in [0.05, 0.1) is 20.8 Å². The minimum absolute atomic E-state index is 0.0382. The van der Waals surface area contributed by atoms with Gasteiger partial charge in [-0.05, 0) is 37.3 Å². The van der Waals surface area contributed by atoms with Gasteiger partial charge in [-0.25, -0.2) is 0 Å². The molecule has 2 aliphatic heterocycles. The molecule has 1 aromatic heterocycles. The minimum Gasteiger partial charge on any atom is -0.480 e. The van der Waals surface area contributed by atoms with Gasteiger partial charge in [0.15, 0.2) is 6.73 Å². The highest BCUT2D eigenvalue weighted by molar-refractivity contribution is 8.30. The number of thioether (sulfide) groups is 2. The van der Waals surface area contributed by atoms with Crippen LogP contribution in [0.2, 0.25) is 0 Å². The number of amides is 1. The molecule has 0 radical (unpaired) electrons. The van der Waals surface area contributed by atoms with Crippen LogP contribution < -0.4 is 19.7 Å². The Morgan fingerprint density at radius 1 is 1.21 bits per heavy atom. The molecule has 1 aromatic carbocycles. The van der Waals surface area contributed by atoms with E-state index in [4.69, 9.17) is 26.7 Å². The zero-order chi connectivity index (χ0) is 28.6. The number of carbonyl (C=O) groups is 2. The molecule has 1 atom stereocenters. The number of carboxylic acid groups (broad SMARTS) is 1. The first-order chi connectivity index (χ1) is 18.3. The van der Waals surface area contributed by atoms with Crippen LogP contribution in [0, 0.1) is 0 Å². The van der Waals surface area contributed by atoms with Crippen molar-refractivity contribution >= 4 is 88.2 Å². The summed E-state index contributed by atoms with van der Waals surface area (Å²) in [5, 5.41) is 9.62. The lowest BCUT2D eigenvalue weighted by atomic mass is 10.2. The summed E-state index contributed by atoms with van der Waals surface area (Å²) >= 11 is 7.95. The average molecular weight is 639 g/mol. The second kappa shape index (κ2) is 11.5. The number of aliphatic carboxylic acids is 1. The van der Waals surface area contributed by atoms with Crippen LogP contribution in [-0.4, -0.2) is 48.8 Å². The predicted molar refractivity (Wildman–Crippen MR) is 145 cm³/mol. The fourth-order valence-electron chi connectivity index (χ4n) is 3.60. The Kier molecular flexibility index (Phi) is 8.70. The van der Waals surface area contributed by atoms with Crippen LogP contribution in [0.3, 0.4) is 0 Å². The minimum atomic E-state index is -4.51. The highest BCUT2D eigenvalue weighted by Gasteiger charge is 2.36. The van der Waals surface area contributed by atoms with Gasteiger partial charge >= 0.3 is 20.4 Å². The molecule has 2 N–H and O–H groups in total. The van der Waals surface area contributed by atoms with Gasteiger partial charge in [-0.1, -0.05) is 40.3 Å². The molecule has 18 heteroatoms. The van der Waals surface area contributed by atoms with Crippen LogP contribution in [0.15, 0.2) is 39.0 Å². The third-order valence-corrected chi connectivity index (χ3v) is 9.48. The van der Waals surface area contributed by atoms with Crippen LogP contribution in [0.4, 0.5) is 18.9 Å². The van der Waals surface area contributed by atoms with E-state index in [-0.39, 0.29) is 18.4 Å². The number of alkyl halides is 3. The number of fused-ring (bicyclic) bond motifs is 1. The molecule has 0 aliphatic carbocycles. The van der Waals surface area contributed by atoms with Crippen molar-refractivity contribution in [3.63, 3.8) is 0 Å². The molecular weight excluding hydrogens is 622 g/mol. The average Bonchev–Trinajstić information content (AvgIpc) is 3.46. The SMILES string of the molecule is CCN1/C(=C/C=c2/s/c(=C3\SC(=S)N(CC(=O)O)C3=O)n(CO[P+](=O)O)c2=O)Sc2ccc(C(F)(F)F)cc21. The predicted octanol–water partition coefficient (Wildman–Crippen LogP) is 2.86. The fraction of sp³-hybridized carbons (Fsp3) is 0.238. The second-order valence-electron chi connectivity index (χ2n) is 7.68. The van der Waals surface area contributed by atoms with Gasteiger partial charge < -0.3 is 10.0 Å². The number of carbonyl (C=O) groups excluding carboxylic acids is 1. The molecule has 2 aromatic rings. The molecule has 2 aliphatic rings. The molecule has 1 unspecified atom stereocenters. The van der Waals surface area contributed by atoms with Crippen molar-refractivity contribution < 1.29 is 41.8 Å². The normalized spacial score (nSPS) is 18.9. The summed E-state index contributed by atoms with van der Waals surface area (Å²) in [5.41, 5.74) is -1.09. The number of anilines is 1. The quantitative estimate of drug-likeness (QED) is 0.343. The number of nitrogens with zero attached hydrogens (tertiary/aromatic N) is 3. The smallest absolute Gasteiger partial charge is 0.480 e. The van der Waals surface area contributed by atoms with Crippen LogP contribution in [-0.2, 0) is 31.6 Å². The van der Waals surface area contributed by atoms with Crippen molar-refractivity contribution in [2.75, 3.05) is 18.0 Å². The summed E-state index contributed by atoms with van der Waals surface area (Å²) in [5.74, 6) is -2.05. The van der Waals surface area contributed by atoms with Crippen molar-refractivity contribution in [3.8, 4) is 0 Å². The zero-order valence-electron chi connectivity index (χ0n) is 19.5. The van der Waals surface area contributed by atoms with Gasteiger partial charge in [-0.15, -0.1) is 16.2 Å². The van der Waals surface area contributed by atoms with E-state index in [1.807, 2.05) is 0 Å². The van der Waals surface area contributed by atoms with E-state index in [1.165, 1.54) is 23.9 Å². The monoisotopic (exact) mass is 638 g/mol. The number of hydrogen-bond donors (Lipinski definition) is 2. The van der Waals surface area contributed by atoms with Crippen LogP contribution >= 0.6 is 55.3 Å². The molecule has 39 heavy (non-hydrogen) atoms. The summed E-state index contributed by atoms with van der Waals surface area (Å²) in [6, 6.07) is 3.43. The van der Waals surface area contributed by atoms with E-state index >= 15 is 0 Å². The van der Waals surface area contributed by atoms with Gasteiger partial charge in [0.1, 0.15) is 20.4 Å². The van der Waals surface area contributed by atoms with E-state index in [9.17, 15) is 32.1 Å². The lowest BCUT2D eigenvalue weighted by Gasteiger charge is -2.18. The fourth-order valence-corrected chi connectivity index (χ4v) is 7.37. The van der Waals surface area contributed by atoms with E-state index in [2.05, 4.69) is 0 Å². The lowest BCUT2D eigenvalue weighted by molar-refractivity contribution is -0.140. The number of hydrogen-bond acceptors (Lipinski definition) is 10. The molecule has 0 bridgehead atoms. The van der Waals surface area contributed by atoms with Gasteiger partial charge in [-0.2, -0.15) is 13.2 Å². The number of carboxylic acids is 1. The number of thiazole rings is 1. The van der Waals surface area contributed by atoms with E-state index in [0.29, 0.717) is 22.2 Å². The van der Waals surface area contributed by atoms with Gasteiger partial charge in [0, 0.05) is 16.0 Å². The van der Waals surface area contributed by atoms with Gasteiger partial charge in [0.25, 0.3) is 11.5 Å². The first kappa shape index (κ1) is 29.5. The Bertz CT molecular complexity index is 1620.